The van der Waals surface area contributed by atoms with Crippen molar-refractivity contribution in [2.75, 3.05) is 0 Å². The maximum Gasteiger partial charge on any atom is 0.573 e. The van der Waals surface area contributed by atoms with Crippen LogP contribution in [0.3, 0.4) is 0 Å². The summed E-state index contributed by atoms with van der Waals surface area (Å²) in [6.07, 6.45) is -8.04. The van der Waals surface area contributed by atoms with Crippen LogP contribution in [0.4, 0.5) is 22.0 Å². The summed E-state index contributed by atoms with van der Waals surface area (Å²) in [5.74, 6) is -0.472. The van der Waals surface area contributed by atoms with Gasteiger partial charge in [-0.25, -0.2) is 8.78 Å². The summed E-state index contributed by atoms with van der Waals surface area (Å²) in [6.45, 7) is 0. The molecule has 0 aliphatic carbocycles. The molecule has 0 saturated carbocycles. The number of benzene rings is 1. The first-order valence-corrected chi connectivity index (χ1v) is 4.67. The van der Waals surface area contributed by atoms with Crippen LogP contribution in [0.1, 0.15) is 18.0 Å². The van der Waals surface area contributed by atoms with Gasteiger partial charge in [0.1, 0.15) is 5.75 Å². The van der Waals surface area contributed by atoms with Crippen LogP contribution in [0.2, 0.25) is 0 Å². The van der Waals surface area contributed by atoms with E-state index < -0.39 is 31.0 Å². The van der Waals surface area contributed by atoms with Gasteiger partial charge in [0, 0.05) is 12.5 Å². The predicted octanol–water partition coefficient (Wildman–Crippen LogP) is 3.24. The standard InChI is InChI=1S/C10H10F5NO/c11-9(12)5-8(16)6-2-1-3-7(4-6)17-10(13,14)15/h1-4,8-9H,5,16H2. The lowest BCUT2D eigenvalue weighted by Gasteiger charge is -2.14. The number of hydrogen-bond acceptors (Lipinski definition) is 2. The first-order valence-electron chi connectivity index (χ1n) is 4.67. The summed E-state index contributed by atoms with van der Waals surface area (Å²) in [7, 11) is 0. The van der Waals surface area contributed by atoms with Crippen molar-refractivity contribution in [2.24, 2.45) is 5.73 Å². The molecule has 1 unspecified atom stereocenters. The Balaban J connectivity index is 2.78. The Morgan fingerprint density at radius 2 is 1.88 bits per heavy atom. The van der Waals surface area contributed by atoms with Crippen molar-refractivity contribution >= 4 is 0 Å². The van der Waals surface area contributed by atoms with Crippen molar-refractivity contribution in [3.8, 4) is 5.75 Å². The number of rotatable bonds is 4. The molecule has 1 aromatic rings. The second-order valence-corrected chi connectivity index (χ2v) is 3.35. The number of halogens is 5. The van der Waals surface area contributed by atoms with Crippen molar-refractivity contribution in [1.29, 1.82) is 0 Å². The minimum absolute atomic E-state index is 0.173. The summed E-state index contributed by atoms with van der Waals surface area (Å²) in [4.78, 5) is 0. The molecular formula is C10H10F5NO. The molecule has 0 fully saturated rings. The third kappa shape index (κ3) is 4.99. The molecule has 0 bridgehead atoms. The van der Waals surface area contributed by atoms with Crippen LogP contribution in [-0.4, -0.2) is 12.8 Å². The Hall–Kier alpha value is -1.37. The summed E-state index contributed by atoms with van der Waals surface area (Å²) in [6, 6.07) is 3.69. The molecular weight excluding hydrogens is 245 g/mol. The maximum atomic E-state index is 12.1. The average molecular weight is 255 g/mol. The van der Waals surface area contributed by atoms with Gasteiger partial charge >= 0.3 is 6.36 Å². The minimum atomic E-state index is -4.81. The highest BCUT2D eigenvalue weighted by molar-refractivity contribution is 5.30. The third-order valence-electron chi connectivity index (χ3n) is 1.95. The fourth-order valence-corrected chi connectivity index (χ4v) is 1.27. The zero-order valence-electron chi connectivity index (χ0n) is 8.55. The largest absolute Gasteiger partial charge is 0.573 e. The molecule has 0 aromatic heterocycles. The van der Waals surface area contributed by atoms with Crippen LogP contribution in [-0.2, 0) is 0 Å². The van der Waals surface area contributed by atoms with Crippen LogP contribution in [0.5, 0.6) is 5.75 Å². The Bertz CT molecular complexity index is 366. The van der Waals surface area contributed by atoms with Gasteiger partial charge in [-0.2, -0.15) is 0 Å². The lowest BCUT2D eigenvalue weighted by Crippen LogP contribution is -2.18. The van der Waals surface area contributed by atoms with Gasteiger partial charge in [0.25, 0.3) is 0 Å². The van der Waals surface area contributed by atoms with Gasteiger partial charge < -0.3 is 10.5 Å². The fraction of sp³-hybridized carbons (Fsp3) is 0.400. The number of alkyl halides is 5. The van der Waals surface area contributed by atoms with Crippen LogP contribution in [0, 0.1) is 0 Å². The van der Waals surface area contributed by atoms with Crippen molar-refractivity contribution in [3.63, 3.8) is 0 Å². The molecule has 0 heterocycles. The molecule has 1 rings (SSSR count). The Kier molecular flexibility index (Phi) is 4.28. The van der Waals surface area contributed by atoms with E-state index in [0.29, 0.717) is 0 Å². The molecule has 0 amide bonds. The second kappa shape index (κ2) is 5.31. The smallest absolute Gasteiger partial charge is 0.406 e. The lowest BCUT2D eigenvalue weighted by atomic mass is 10.0. The second-order valence-electron chi connectivity index (χ2n) is 3.35. The quantitative estimate of drug-likeness (QED) is 0.838. The van der Waals surface area contributed by atoms with Crippen molar-refractivity contribution in [2.45, 2.75) is 25.3 Å². The van der Waals surface area contributed by atoms with Crippen LogP contribution in [0.15, 0.2) is 24.3 Å². The monoisotopic (exact) mass is 255 g/mol. The first kappa shape index (κ1) is 13.7. The zero-order chi connectivity index (χ0) is 13.1. The molecule has 0 saturated heterocycles. The number of hydrogen-bond donors (Lipinski definition) is 1. The number of nitrogens with two attached hydrogens (primary N) is 1. The van der Waals surface area contributed by atoms with Crippen LogP contribution < -0.4 is 10.5 Å². The van der Waals surface area contributed by atoms with E-state index >= 15 is 0 Å². The van der Waals surface area contributed by atoms with Gasteiger partial charge in [-0.1, -0.05) is 12.1 Å². The fourth-order valence-electron chi connectivity index (χ4n) is 1.27. The molecule has 2 nitrogen and oxygen atoms in total. The maximum absolute atomic E-state index is 12.1. The predicted molar refractivity (Wildman–Crippen MR) is 50.7 cm³/mol. The molecule has 96 valence electrons. The van der Waals surface area contributed by atoms with Gasteiger partial charge in [-0.15, -0.1) is 13.2 Å². The Morgan fingerprint density at radius 3 is 2.41 bits per heavy atom. The molecule has 0 aliphatic rings. The highest BCUT2D eigenvalue weighted by atomic mass is 19.4. The molecule has 17 heavy (non-hydrogen) atoms. The molecule has 7 heteroatoms. The van der Waals surface area contributed by atoms with E-state index in [0.717, 1.165) is 12.1 Å². The normalized spacial score (nSPS) is 13.8. The minimum Gasteiger partial charge on any atom is -0.406 e. The Labute approximate surface area is 94.2 Å². The van der Waals surface area contributed by atoms with Crippen molar-refractivity contribution < 1.29 is 26.7 Å². The van der Waals surface area contributed by atoms with E-state index in [9.17, 15) is 22.0 Å². The lowest BCUT2D eigenvalue weighted by molar-refractivity contribution is -0.274. The van der Waals surface area contributed by atoms with Gasteiger partial charge in [0.2, 0.25) is 6.43 Å². The highest BCUT2D eigenvalue weighted by Gasteiger charge is 2.31. The van der Waals surface area contributed by atoms with Gasteiger partial charge in [0.05, 0.1) is 0 Å². The first-order chi connectivity index (χ1) is 7.78. The molecule has 2 N–H and O–H groups in total. The van der Waals surface area contributed by atoms with E-state index in [-0.39, 0.29) is 5.56 Å². The average Bonchev–Trinajstić information content (AvgIpc) is 2.14. The molecule has 1 aromatic carbocycles. The van der Waals surface area contributed by atoms with E-state index in [4.69, 9.17) is 5.73 Å². The third-order valence-corrected chi connectivity index (χ3v) is 1.95. The molecule has 0 radical (unpaired) electrons. The van der Waals surface area contributed by atoms with Crippen LogP contribution >= 0.6 is 0 Å². The summed E-state index contributed by atoms with van der Waals surface area (Å²) < 4.78 is 63.5. The van der Waals surface area contributed by atoms with Crippen LogP contribution in [0.25, 0.3) is 0 Å². The number of ether oxygens (including phenoxy) is 1. The van der Waals surface area contributed by atoms with Crippen molar-refractivity contribution in [1.82, 2.24) is 0 Å². The highest BCUT2D eigenvalue weighted by Crippen LogP contribution is 2.26. The molecule has 0 spiro atoms. The Morgan fingerprint density at radius 1 is 1.24 bits per heavy atom. The molecule has 0 aliphatic heterocycles. The summed E-state index contributed by atoms with van der Waals surface area (Å²) in [5.41, 5.74) is 5.58. The van der Waals surface area contributed by atoms with Gasteiger partial charge in [-0.05, 0) is 17.7 Å². The summed E-state index contributed by atoms with van der Waals surface area (Å²) in [5, 5.41) is 0. The summed E-state index contributed by atoms with van der Waals surface area (Å²) >= 11 is 0. The van der Waals surface area contributed by atoms with E-state index in [1.807, 2.05) is 0 Å². The molecule has 1 atom stereocenters. The SMILES string of the molecule is NC(CC(F)F)c1cccc(OC(F)(F)F)c1. The van der Waals surface area contributed by atoms with E-state index in [1.54, 1.807) is 0 Å². The van der Waals surface area contributed by atoms with E-state index in [2.05, 4.69) is 4.74 Å². The van der Waals surface area contributed by atoms with Gasteiger partial charge in [-0.3, -0.25) is 0 Å². The van der Waals surface area contributed by atoms with Crippen molar-refractivity contribution in [3.05, 3.63) is 29.8 Å². The topological polar surface area (TPSA) is 35.2 Å². The van der Waals surface area contributed by atoms with Gasteiger partial charge in [0.15, 0.2) is 0 Å². The zero-order valence-corrected chi connectivity index (χ0v) is 8.55. The van der Waals surface area contributed by atoms with E-state index in [1.165, 1.54) is 12.1 Å².